The van der Waals surface area contributed by atoms with Crippen LogP contribution in [0.15, 0.2) is 35.9 Å². The van der Waals surface area contributed by atoms with Crippen LogP contribution in [0, 0.1) is 52.3 Å². The van der Waals surface area contributed by atoms with Gasteiger partial charge in [0.05, 0.1) is 6.10 Å². The normalized spacial score (nSPS) is 39.3. The quantitative estimate of drug-likeness (QED) is 0.466. The van der Waals surface area contributed by atoms with Crippen LogP contribution in [-0.4, -0.2) is 27.7 Å². The molecule has 0 radical (unpaired) electrons. The Morgan fingerprint density at radius 3 is 2.46 bits per heavy atom. The van der Waals surface area contributed by atoms with Gasteiger partial charge in [-0.25, -0.2) is 0 Å². The molecule has 1 aromatic rings. The fourth-order valence-corrected chi connectivity index (χ4v) is 8.53. The zero-order chi connectivity index (χ0) is 26.8. The number of carbonyl (C=O) groups is 1. The lowest BCUT2D eigenvalue weighted by molar-refractivity contribution is -0.119. The third-order valence-corrected chi connectivity index (χ3v) is 10.2. The van der Waals surface area contributed by atoms with Gasteiger partial charge >= 0.3 is 0 Å². The highest BCUT2D eigenvalue weighted by molar-refractivity contribution is 5.91. The van der Waals surface area contributed by atoms with Crippen molar-refractivity contribution in [2.75, 3.05) is 0 Å². The maximum Gasteiger partial charge on any atom is 0.155 e. The molecule has 200 valence electrons. The minimum absolute atomic E-state index is 0.159. The molecular formula is C34H46O3. The van der Waals surface area contributed by atoms with Crippen molar-refractivity contribution in [2.45, 2.75) is 104 Å². The second-order valence-corrected chi connectivity index (χ2v) is 14.3. The van der Waals surface area contributed by atoms with Gasteiger partial charge in [-0.05, 0) is 118 Å². The van der Waals surface area contributed by atoms with Crippen molar-refractivity contribution >= 4 is 5.78 Å². The monoisotopic (exact) mass is 502 g/mol. The summed E-state index contributed by atoms with van der Waals surface area (Å²) in [5.41, 5.74) is 2.17. The van der Waals surface area contributed by atoms with Crippen LogP contribution in [0.3, 0.4) is 0 Å². The van der Waals surface area contributed by atoms with E-state index in [1.165, 1.54) is 11.1 Å². The van der Waals surface area contributed by atoms with Crippen molar-refractivity contribution < 1.29 is 15.0 Å². The van der Waals surface area contributed by atoms with Gasteiger partial charge in [-0.1, -0.05) is 56.9 Å². The molecule has 5 rings (SSSR count). The Hall–Kier alpha value is -1.89. The Morgan fingerprint density at radius 1 is 1.11 bits per heavy atom. The Kier molecular flexibility index (Phi) is 6.78. The van der Waals surface area contributed by atoms with E-state index in [0.29, 0.717) is 42.9 Å². The first-order chi connectivity index (χ1) is 17.3. The van der Waals surface area contributed by atoms with Crippen LogP contribution < -0.4 is 0 Å². The molecule has 0 aromatic heterocycles. The SMILES string of the molecule is CC(C)Cc1ccc([C@H]2C[C@@]3(C)[C@@H](CC[C@@]3(O)C#CC(C)(C)C)[C@@H]3C[C@@H](O)C4=CC(=O)CC[C@@H]4[C@H]32)cc1. The lowest BCUT2D eigenvalue weighted by Crippen LogP contribution is -2.56. The van der Waals surface area contributed by atoms with Crippen LogP contribution in [0.5, 0.6) is 0 Å². The molecule has 0 aliphatic heterocycles. The van der Waals surface area contributed by atoms with Gasteiger partial charge in [0.1, 0.15) is 5.60 Å². The summed E-state index contributed by atoms with van der Waals surface area (Å²) >= 11 is 0. The number of ketones is 1. The van der Waals surface area contributed by atoms with E-state index in [4.69, 9.17) is 0 Å². The minimum atomic E-state index is -1.02. The zero-order valence-corrected chi connectivity index (χ0v) is 23.7. The van der Waals surface area contributed by atoms with Crippen molar-refractivity contribution in [1.29, 1.82) is 0 Å². The van der Waals surface area contributed by atoms with Gasteiger partial charge < -0.3 is 10.2 Å². The summed E-state index contributed by atoms with van der Waals surface area (Å²) in [5, 5.41) is 23.4. The van der Waals surface area contributed by atoms with Gasteiger partial charge in [-0.3, -0.25) is 4.79 Å². The predicted octanol–water partition coefficient (Wildman–Crippen LogP) is 6.47. The average Bonchev–Trinajstić information content (AvgIpc) is 3.08. The van der Waals surface area contributed by atoms with E-state index in [1.54, 1.807) is 6.08 Å². The molecule has 3 nitrogen and oxygen atoms in total. The molecule has 37 heavy (non-hydrogen) atoms. The topological polar surface area (TPSA) is 57.5 Å². The number of hydrogen-bond acceptors (Lipinski definition) is 3. The molecule has 1 aromatic carbocycles. The van der Waals surface area contributed by atoms with Gasteiger partial charge in [0, 0.05) is 17.3 Å². The van der Waals surface area contributed by atoms with E-state index >= 15 is 0 Å². The Bertz CT molecular complexity index is 1130. The summed E-state index contributed by atoms with van der Waals surface area (Å²) < 4.78 is 0. The molecule has 3 saturated carbocycles. The molecule has 0 saturated heterocycles. The van der Waals surface area contributed by atoms with Crippen LogP contribution in [0.1, 0.15) is 97.1 Å². The molecular weight excluding hydrogens is 456 g/mol. The van der Waals surface area contributed by atoms with Crippen LogP contribution in [0.25, 0.3) is 0 Å². The smallest absolute Gasteiger partial charge is 0.155 e. The highest BCUT2D eigenvalue weighted by Gasteiger charge is 2.65. The van der Waals surface area contributed by atoms with E-state index in [1.807, 2.05) is 0 Å². The second kappa shape index (κ2) is 9.39. The predicted molar refractivity (Wildman–Crippen MR) is 149 cm³/mol. The standard InChI is InChI=1S/C34H46O3/c1-21(2)17-22-7-9-23(10-8-22)28-20-33(6)29(13-14-34(33,37)16-15-32(3,4)5)27-19-30(36)26-18-24(35)11-12-25(26)31(27)28/h7-10,18,21,25,27-31,36-37H,11-14,17,19-20H2,1-6H3/t25-,27-,28+,29-,30+,31+,33-,34+/m0/s1. The molecule has 0 bridgehead atoms. The molecule has 3 fully saturated rings. The summed E-state index contributed by atoms with van der Waals surface area (Å²) in [7, 11) is 0. The van der Waals surface area contributed by atoms with Gasteiger partial charge in [-0.15, -0.1) is 0 Å². The van der Waals surface area contributed by atoms with Crippen molar-refractivity contribution in [3.05, 3.63) is 47.0 Å². The fourth-order valence-electron chi connectivity index (χ4n) is 8.53. The molecule has 0 spiro atoms. The number of rotatable bonds is 3. The van der Waals surface area contributed by atoms with Crippen LogP contribution >= 0.6 is 0 Å². The number of aliphatic hydroxyl groups is 2. The number of hydrogen-bond donors (Lipinski definition) is 2. The summed E-state index contributed by atoms with van der Waals surface area (Å²) in [4.78, 5) is 12.3. The minimum Gasteiger partial charge on any atom is -0.389 e. The van der Waals surface area contributed by atoms with Gasteiger partial charge in [0.2, 0.25) is 0 Å². The van der Waals surface area contributed by atoms with Crippen molar-refractivity contribution in [2.24, 2.45) is 40.4 Å². The summed E-state index contributed by atoms with van der Waals surface area (Å²) in [6, 6.07) is 9.22. The number of fused-ring (bicyclic) bond motifs is 5. The van der Waals surface area contributed by atoms with E-state index in [-0.39, 0.29) is 28.4 Å². The Balaban J connectivity index is 1.59. The maximum absolute atomic E-state index is 12.3. The average molecular weight is 503 g/mol. The summed E-state index contributed by atoms with van der Waals surface area (Å²) in [6.07, 6.45) is 6.93. The van der Waals surface area contributed by atoms with Gasteiger partial charge in [0.25, 0.3) is 0 Å². The first-order valence-electron chi connectivity index (χ1n) is 14.6. The highest BCUT2D eigenvalue weighted by atomic mass is 16.3. The molecule has 8 atom stereocenters. The third-order valence-electron chi connectivity index (χ3n) is 10.2. The van der Waals surface area contributed by atoms with Crippen LogP contribution in [0.2, 0.25) is 0 Å². The molecule has 4 aliphatic carbocycles. The summed E-state index contributed by atoms with van der Waals surface area (Å²) in [5.74, 6) is 9.08. The molecule has 0 unspecified atom stereocenters. The molecule has 2 N–H and O–H groups in total. The first kappa shape index (κ1) is 26.7. The largest absolute Gasteiger partial charge is 0.389 e. The Morgan fingerprint density at radius 2 is 1.81 bits per heavy atom. The third kappa shape index (κ3) is 4.74. The van der Waals surface area contributed by atoms with Gasteiger partial charge in [0.15, 0.2) is 5.78 Å². The number of carbonyl (C=O) groups excluding carboxylic acids is 1. The second-order valence-electron chi connectivity index (χ2n) is 14.3. The maximum atomic E-state index is 12.3. The fraction of sp³-hybridized carbons (Fsp3) is 0.676. The van der Waals surface area contributed by atoms with Crippen LogP contribution in [-0.2, 0) is 11.2 Å². The highest BCUT2D eigenvalue weighted by Crippen LogP contribution is 2.68. The van der Waals surface area contributed by atoms with E-state index in [0.717, 1.165) is 31.3 Å². The van der Waals surface area contributed by atoms with E-state index < -0.39 is 11.7 Å². The van der Waals surface area contributed by atoms with Gasteiger partial charge in [-0.2, -0.15) is 0 Å². The lowest BCUT2D eigenvalue weighted by atomic mass is 9.46. The van der Waals surface area contributed by atoms with E-state index in [9.17, 15) is 15.0 Å². The molecule has 0 amide bonds. The van der Waals surface area contributed by atoms with Crippen LogP contribution in [0.4, 0.5) is 0 Å². The Labute approximate surface area is 224 Å². The molecule has 3 heteroatoms. The van der Waals surface area contributed by atoms with Crippen molar-refractivity contribution in [3.63, 3.8) is 0 Å². The number of benzene rings is 1. The molecule has 4 aliphatic rings. The lowest BCUT2D eigenvalue weighted by Gasteiger charge is -2.59. The van der Waals surface area contributed by atoms with Crippen molar-refractivity contribution in [1.82, 2.24) is 0 Å². The summed E-state index contributed by atoms with van der Waals surface area (Å²) in [6.45, 7) is 13.1. The van der Waals surface area contributed by atoms with E-state index in [2.05, 4.69) is 77.6 Å². The van der Waals surface area contributed by atoms with Crippen molar-refractivity contribution in [3.8, 4) is 11.8 Å². The molecule has 0 heterocycles. The zero-order valence-electron chi connectivity index (χ0n) is 23.7. The number of aliphatic hydroxyl groups excluding tert-OH is 1. The first-order valence-corrected chi connectivity index (χ1v) is 14.6.